The molecular weight excluding hydrogens is 765 g/mol. The van der Waals surface area contributed by atoms with Gasteiger partial charge in [0.25, 0.3) is 0 Å². The minimum absolute atomic E-state index is 0.208. The molecule has 1 aliphatic heterocycles. The van der Waals surface area contributed by atoms with E-state index < -0.39 is 0 Å². The average molecular weight is 823 g/mol. The van der Waals surface area contributed by atoms with Crippen molar-refractivity contribution in [3.8, 4) is 22.3 Å². The first-order valence-corrected chi connectivity index (χ1v) is 23.4. The van der Waals surface area contributed by atoms with Gasteiger partial charge in [-0.15, -0.1) is 11.8 Å². The fourth-order valence-corrected chi connectivity index (χ4v) is 9.79. The van der Waals surface area contributed by atoms with Gasteiger partial charge in [-0.1, -0.05) is 172 Å². The van der Waals surface area contributed by atoms with Crippen LogP contribution in [0.1, 0.15) is 75.8 Å². The minimum atomic E-state index is 0.208. The van der Waals surface area contributed by atoms with Crippen LogP contribution in [-0.4, -0.2) is 38.4 Å². The smallest absolute Gasteiger partial charge is 0.226 e. The van der Waals surface area contributed by atoms with Crippen molar-refractivity contribution < 1.29 is 9.53 Å². The van der Waals surface area contributed by atoms with E-state index in [-0.39, 0.29) is 5.91 Å². The largest absolute Gasteiger partial charge is 0.491 e. The highest BCUT2D eigenvalue weighted by molar-refractivity contribution is 8.08. The maximum atomic E-state index is 14.4. The summed E-state index contributed by atoms with van der Waals surface area (Å²) in [6.45, 7) is 4.60. The molecule has 0 aliphatic carbocycles. The van der Waals surface area contributed by atoms with Crippen LogP contribution in [0.25, 0.3) is 54.5 Å². The van der Waals surface area contributed by atoms with Gasteiger partial charge in [0.2, 0.25) is 5.91 Å². The van der Waals surface area contributed by atoms with Gasteiger partial charge in [0.05, 0.1) is 11.5 Å². The molecule has 0 atom stereocenters. The summed E-state index contributed by atoms with van der Waals surface area (Å²) >= 11 is 1.87. The molecule has 7 aromatic carbocycles. The number of unbranched alkanes of at least 4 members (excludes halogenated alkanes) is 6. The van der Waals surface area contributed by atoms with Crippen LogP contribution in [0.4, 0.5) is 11.4 Å². The van der Waals surface area contributed by atoms with Gasteiger partial charge in [-0.2, -0.15) is 0 Å². The summed E-state index contributed by atoms with van der Waals surface area (Å²) in [6, 6.07) is 56.3. The number of ether oxygens (including phenoxy) is 1. The molecule has 4 nitrogen and oxygen atoms in total. The molecular formula is C56H58N2O2S. The average Bonchev–Trinajstić information content (AvgIpc) is 3.32. The molecule has 0 unspecified atom stereocenters. The number of carbonyl (C=O) groups is 1. The number of thioether (sulfide) groups is 1. The van der Waals surface area contributed by atoms with Crippen LogP contribution in [0.2, 0.25) is 0 Å². The summed E-state index contributed by atoms with van der Waals surface area (Å²) in [4.78, 5) is 20.0. The second-order valence-electron chi connectivity index (χ2n) is 16.2. The van der Waals surface area contributed by atoms with Gasteiger partial charge in [-0.3, -0.25) is 4.79 Å². The zero-order valence-corrected chi connectivity index (χ0v) is 36.6. The summed E-state index contributed by atoms with van der Waals surface area (Å²) < 4.78 is 6.18. The molecule has 8 rings (SSSR count). The van der Waals surface area contributed by atoms with Crippen LogP contribution >= 0.6 is 11.8 Å². The summed E-state index contributed by atoms with van der Waals surface area (Å²) in [5.74, 6) is 2.13. The summed E-state index contributed by atoms with van der Waals surface area (Å²) in [5, 5.41) is 4.84. The zero-order valence-electron chi connectivity index (χ0n) is 35.8. The number of rotatable bonds is 18. The number of benzene rings is 7. The molecule has 1 aliphatic rings. The highest BCUT2D eigenvalue weighted by Gasteiger charge is 2.22. The second-order valence-corrected chi connectivity index (χ2v) is 17.3. The molecule has 0 fully saturated rings. The number of hydrogen-bond acceptors (Lipinski definition) is 4. The van der Waals surface area contributed by atoms with Gasteiger partial charge in [0, 0.05) is 49.2 Å². The van der Waals surface area contributed by atoms with Crippen molar-refractivity contribution in [3.05, 3.63) is 169 Å². The Hall–Kier alpha value is -5.78. The monoisotopic (exact) mass is 822 g/mol. The normalized spacial score (nSPS) is 12.8. The molecule has 0 saturated heterocycles. The van der Waals surface area contributed by atoms with Crippen molar-refractivity contribution in [1.82, 2.24) is 0 Å². The van der Waals surface area contributed by atoms with Gasteiger partial charge in [-0.05, 0) is 92.9 Å². The van der Waals surface area contributed by atoms with E-state index in [0.29, 0.717) is 6.42 Å². The molecule has 1 heterocycles. The lowest BCUT2D eigenvalue weighted by molar-refractivity contribution is -0.118. The Bertz CT molecular complexity index is 2550. The standard InChI is InChI=1S/C56H58N2O2S/c1-3-4-5-6-7-20-38-58(52(59)30-19-21-37-57(2)46-33-31-45(32-34-46)56-55(60-39-40-61-56)44-26-15-10-16-27-44)47-35-36-50-51(41-47)54(43-24-13-9-14-25-43)49-29-18-17-28-48(49)53(50)42-22-11-8-12-23-42/h8-18,22-29,31-36,41H,3-7,19-21,30,37-40H2,1-2H3. The Morgan fingerprint density at radius 2 is 1.08 bits per heavy atom. The molecule has 1 amide bonds. The molecule has 0 saturated carbocycles. The first kappa shape index (κ1) is 41.9. The quantitative estimate of drug-likeness (QED) is 0.0638. The number of anilines is 2. The lowest BCUT2D eigenvalue weighted by Crippen LogP contribution is -2.32. The summed E-state index contributed by atoms with van der Waals surface area (Å²) in [6.07, 6.45) is 9.39. The van der Waals surface area contributed by atoms with E-state index in [4.69, 9.17) is 4.74 Å². The second kappa shape index (κ2) is 20.7. The van der Waals surface area contributed by atoms with E-state index in [1.165, 1.54) is 85.6 Å². The Balaban J connectivity index is 1.02. The number of amides is 1. The molecule has 7 aromatic rings. The van der Waals surface area contributed by atoms with Gasteiger partial charge in [-0.25, -0.2) is 0 Å². The molecule has 0 bridgehead atoms. The SMILES string of the molecule is CCCCCCCCN(C(=O)CCCCN(C)c1ccc(C2=C(c3ccccc3)OCCS2)cc1)c1ccc2c(-c3ccccc3)c3ccccc3c(-c3ccccc3)c2c1. The predicted molar refractivity (Wildman–Crippen MR) is 263 cm³/mol. The van der Waals surface area contributed by atoms with Crippen LogP contribution in [0.3, 0.4) is 0 Å². The van der Waals surface area contributed by atoms with Gasteiger partial charge >= 0.3 is 0 Å². The minimum Gasteiger partial charge on any atom is -0.491 e. The molecule has 61 heavy (non-hydrogen) atoms. The van der Waals surface area contributed by atoms with Crippen molar-refractivity contribution in [2.45, 2.75) is 64.7 Å². The molecule has 0 spiro atoms. The van der Waals surface area contributed by atoms with Gasteiger partial charge in [0.15, 0.2) is 0 Å². The van der Waals surface area contributed by atoms with E-state index in [9.17, 15) is 4.79 Å². The topological polar surface area (TPSA) is 32.8 Å². The molecule has 5 heteroatoms. The third-order valence-corrected chi connectivity index (χ3v) is 13.1. The fourth-order valence-electron chi connectivity index (χ4n) is 8.81. The molecule has 0 aromatic heterocycles. The Labute approximate surface area is 367 Å². The van der Waals surface area contributed by atoms with E-state index in [1.54, 1.807) is 0 Å². The van der Waals surface area contributed by atoms with Crippen molar-refractivity contribution in [2.75, 3.05) is 42.3 Å². The Kier molecular flexibility index (Phi) is 14.2. The zero-order chi connectivity index (χ0) is 41.8. The fraction of sp³-hybridized carbons (Fsp3) is 0.268. The molecule has 0 N–H and O–H groups in total. The first-order chi connectivity index (χ1) is 30.1. The lowest BCUT2D eigenvalue weighted by atomic mass is 9.85. The van der Waals surface area contributed by atoms with E-state index in [1.807, 2.05) is 17.8 Å². The van der Waals surface area contributed by atoms with Crippen molar-refractivity contribution in [3.63, 3.8) is 0 Å². The number of nitrogens with zero attached hydrogens (tertiary/aromatic N) is 2. The van der Waals surface area contributed by atoms with Crippen LogP contribution in [-0.2, 0) is 9.53 Å². The lowest BCUT2D eigenvalue weighted by Gasteiger charge is -2.25. The van der Waals surface area contributed by atoms with Crippen LogP contribution in [0, 0.1) is 0 Å². The Morgan fingerprint density at radius 3 is 1.74 bits per heavy atom. The number of hydrogen-bond donors (Lipinski definition) is 0. The molecule has 0 radical (unpaired) electrons. The maximum absolute atomic E-state index is 14.4. The highest BCUT2D eigenvalue weighted by Crippen LogP contribution is 2.45. The first-order valence-electron chi connectivity index (χ1n) is 22.4. The number of carbonyl (C=O) groups excluding carboxylic acids is 1. The van der Waals surface area contributed by atoms with Crippen LogP contribution in [0.5, 0.6) is 0 Å². The van der Waals surface area contributed by atoms with Crippen molar-refractivity contribution in [2.24, 2.45) is 0 Å². The van der Waals surface area contributed by atoms with Crippen molar-refractivity contribution >= 4 is 61.3 Å². The van der Waals surface area contributed by atoms with Crippen molar-refractivity contribution in [1.29, 1.82) is 0 Å². The maximum Gasteiger partial charge on any atom is 0.226 e. The van der Waals surface area contributed by atoms with E-state index >= 15 is 0 Å². The van der Waals surface area contributed by atoms with E-state index in [0.717, 1.165) is 68.1 Å². The number of fused-ring (bicyclic) bond motifs is 2. The predicted octanol–water partition coefficient (Wildman–Crippen LogP) is 14.9. The third kappa shape index (κ3) is 9.90. The highest BCUT2D eigenvalue weighted by atomic mass is 32.2. The van der Waals surface area contributed by atoms with Gasteiger partial charge in [0.1, 0.15) is 5.76 Å². The summed E-state index contributed by atoms with van der Waals surface area (Å²) in [7, 11) is 2.15. The van der Waals surface area contributed by atoms with Crippen LogP contribution < -0.4 is 9.80 Å². The molecule has 310 valence electrons. The summed E-state index contributed by atoms with van der Waals surface area (Å²) in [5.41, 5.74) is 9.31. The Morgan fingerprint density at radius 1 is 0.541 bits per heavy atom. The van der Waals surface area contributed by atoms with Gasteiger partial charge < -0.3 is 14.5 Å². The third-order valence-electron chi connectivity index (χ3n) is 12.0. The van der Waals surface area contributed by atoms with Crippen LogP contribution in [0.15, 0.2) is 158 Å². The van der Waals surface area contributed by atoms with E-state index in [2.05, 4.69) is 175 Å².